The van der Waals surface area contributed by atoms with Gasteiger partial charge >= 0.3 is 0 Å². The molecule has 0 saturated carbocycles. The Morgan fingerprint density at radius 2 is 2.11 bits per heavy atom. The molecule has 3 unspecified atom stereocenters. The van der Waals surface area contributed by atoms with Crippen LogP contribution in [0.25, 0.3) is 0 Å². The molecule has 0 aromatic carbocycles. The van der Waals surface area contributed by atoms with E-state index >= 15 is 0 Å². The van der Waals surface area contributed by atoms with Crippen LogP contribution in [0, 0.1) is 11.8 Å². The molecule has 0 spiro atoms. The first kappa shape index (κ1) is 15.4. The van der Waals surface area contributed by atoms with Crippen LogP contribution in [0.5, 0.6) is 0 Å². The predicted molar refractivity (Wildman–Crippen MR) is 75.3 cm³/mol. The number of piperidine rings is 1. The molecule has 1 aliphatic heterocycles. The normalized spacial score (nSPS) is 28.9. The monoisotopic (exact) mass is 255 g/mol. The van der Waals surface area contributed by atoms with Gasteiger partial charge in [-0.1, -0.05) is 13.8 Å². The number of likely N-dealkylation sites (N-methyl/N-ethyl adjacent to an activating group) is 1. The minimum atomic E-state index is -0.561. The lowest BCUT2D eigenvalue weighted by molar-refractivity contribution is -0.123. The summed E-state index contributed by atoms with van der Waals surface area (Å²) in [6.07, 6.45) is 3.11. The van der Waals surface area contributed by atoms with Gasteiger partial charge in [0.2, 0.25) is 5.91 Å². The van der Waals surface area contributed by atoms with Crippen molar-refractivity contribution >= 4 is 5.91 Å². The standard InChI is InChI=1S/C14H29N3O/c1-11-6-9-17(10-12(11)2)8-5-7-14(3,16-4)13(15)18/h11-12,16H,5-10H2,1-4H3,(H2,15,18). The molecule has 1 amide bonds. The molecule has 1 aliphatic rings. The zero-order valence-electron chi connectivity index (χ0n) is 12.3. The van der Waals surface area contributed by atoms with Gasteiger partial charge in [0, 0.05) is 6.54 Å². The van der Waals surface area contributed by atoms with Crippen molar-refractivity contribution in [2.45, 2.75) is 45.6 Å². The van der Waals surface area contributed by atoms with Gasteiger partial charge < -0.3 is 16.0 Å². The van der Waals surface area contributed by atoms with E-state index in [0.717, 1.165) is 31.2 Å². The van der Waals surface area contributed by atoms with Crippen molar-refractivity contribution in [3.63, 3.8) is 0 Å². The van der Waals surface area contributed by atoms with Crippen LogP contribution in [-0.2, 0) is 4.79 Å². The SMILES string of the molecule is CNC(C)(CCCN1CCC(C)C(C)C1)C(N)=O. The Kier molecular flexibility index (Phi) is 5.60. The molecule has 1 heterocycles. The third-order valence-corrected chi connectivity index (χ3v) is 4.66. The van der Waals surface area contributed by atoms with Gasteiger partial charge in [-0.05, 0) is 58.2 Å². The van der Waals surface area contributed by atoms with Crippen LogP contribution in [-0.4, -0.2) is 43.0 Å². The molecule has 0 bridgehead atoms. The first-order chi connectivity index (χ1) is 8.39. The van der Waals surface area contributed by atoms with Gasteiger partial charge in [0.15, 0.2) is 0 Å². The molecule has 0 aromatic rings. The van der Waals surface area contributed by atoms with Crippen molar-refractivity contribution in [3.05, 3.63) is 0 Å². The maximum Gasteiger partial charge on any atom is 0.237 e. The number of carbonyl (C=O) groups excluding carboxylic acids is 1. The smallest absolute Gasteiger partial charge is 0.237 e. The lowest BCUT2D eigenvalue weighted by atomic mass is 9.88. The van der Waals surface area contributed by atoms with Crippen molar-refractivity contribution < 1.29 is 4.79 Å². The van der Waals surface area contributed by atoms with E-state index in [0.29, 0.717) is 0 Å². The number of rotatable bonds is 6. The summed E-state index contributed by atoms with van der Waals surface area (Å²) in [5.74, 6) is 1.37. The van der Waals surface area contributed by atoms with Gasteiger partial charge in [-0.2, -0.15) is 0 Å². The Morgan fingerprint density at radius 1 is 1.44 bits per heavy atom. The predicted octanol–water partition coefficient (Wildman–Crippen LogP) is 1.21. The first-order valence-corrected chi connectivity index (χ1v) is 7.10. The topological polar surface area (TPSA) is 58.4 Å². The van der Waals surface area contributed by atoms with Crippen molar-refractivity contribution in [1.29, 1.82) is 0 Å². The molecule has 1 saturated heterocycles. The average molecular weight is 255 g/mol. The quantitative estimate of drug-likeness (QED) is 0.750. The fraction of sp³-hybridized carbons (Fsp3) is 0.929. The number of primary amides is 1. The highest BCUT2D eigenvalue weighted by Gasteiger charge is 2.29. The van der Waals surface area contributed by atoms with Gasteiger partial charge in [-0.15, -0.1) is 0 Å². The Morgan fingerprint density at radius 3 is 2.61 bits per heavy atom. The third-order valence-electron chi connectivity index (χ3n) is 4.66. The highest BCUT2D eigenvalue weighted by atomic mass is 16.1. The summed E-state index contributed by atoms with van der Waals surface area (Å²) in [7, 11) is 1.80. The number of nitrogens with zero attached hydrogens (tertiary/aromatic N) is 1. The molecule has 0 radical (unpaired) electrons. The minimum absolute atomic E-state index is 0.259. The highest BCUT2D eigenvalue weighted by molar-refractivity contribution is 5.84. The van der Waals surface area contributed by atoms with E-state index in [-0.39, 0.29) is 5.91 Å². The molecule has 0 aliphatic carbocycles. The van der Waals surface area contributed by atoms with Gasteiger partial charge in [-0.3, -0.25) is 4.79 Å². The molecule has 4 heteroatoms. The van der Waals surface area contributed by atoms with Crippen molar-refractivity contribution in [1.82, 2.24) is 10.2 Å². The molecule has 4 nitrogen and oxygen atoms in total. The van der Waals surface area contributed by atoms with Crippen molar-refractivity contribution in [2.75, 3.05) is 26.7 Å². The van der Waals surface area contributed by atoms with Gasteiger partial charge in [0.05, 0.1) is 5.54 Å². The summed E-state index contributed by atoms with van der Waals surface area (Å²) in [4.78, 5) is 13.9. The summed E-state index contributed by atoms with van der Waals surface area (Å²) in [6.45, 7) is 10.0. The van der Waals surface area contributed by atoms with Crippen LogP contribution >= 0.6 is 0 Å². The number of carbonyl (C=O) groups is 1. The molecule has 1 fully saturated rings. The van der Waals surface area contributed by atoms with E-state index in [1.165, 1.54) is 19.5 Å². The number of hydrogen-bond donors (Lipinski definition) is 2. The highest BCUT2D eigenvalue weighted by Crippen LogP contribution is 2.23. The molecular weight excluding hydrogens is 226 g/mol. The molecule has 1 rings (SSSR count). The second kappa shape index (κ2) is 6.53. The van der Waals surface area contributed by atoms with Crippen LogP contribution in [0.4, 0.5) is 0 Å². The Balaban J connectivity index is 2.31. The molecule has 106 valence electrons. The van der Waals surface area contributed by atoms with Crippen LogP contribution in [0.3, 0.4) is 0 Å². The fourth-order valence-corrected chi connectivity index (χ4v) is 2.58. The van der Waals surface area contributed by atoms with Gasteiger partial charge in [0.25, 0.3) is 0 Å². The zero-order chi connectivity index (χ0) is 13.8. The van der Waals surface area contributed by atoms with Crippen molar-refractivity contribution in [2.24, 2.45) is 17.6 Å². The third kappa shape index (κ3) is 3.95. The second-order valence-electron chi connectivity index (χ2n) is 6.09. The van der Waals surface area contributed by atoms with E-state index in [9.17, 15) is 4.79 Å². The Labute approximate surface area is 111 Å². The van der Waals surface area contributed by atoms with Gasteiger partial charge in [-0.25, -0.2) is 0 Å². The summed E-state index contributed by atoms with van der Waals surface area (Å²) in [5.41, 5.74) is 4.87. The van der Waals surface area contributed by atoms with E-state index in [4.69, 9.17) is 5.73 Å². The maximum atomic E-state index is 11.4. The average Bonchev–Trinajstić information content (AvgIpc) is 2.33. The lowest BCUT2D eigenvalue weighted by Gasteiger charge is -2.36. The van der Waals surface area contributed by atoms with Crippen LogP contribution in [0.1, 0.15) is 40.0 Å². The van der Waals surface area contributed by atoms with E-state index < -0.39 is 5.54 Å². The second-order valence-corrected chi connectivity index (χ2v) is 6.09. The summed E-state index contributed by atoms with van der Waals surface area (Å²) >= 11 is 0. The summed E-state index contributed by atoms with van der Waals surface area (Å²) < 4.78 is 0. The Hall–Kier alpha value is -0.610. The van der Waals surface area contributed by atoms with Crippen LogP contribution < -0.4 is 11.1 Å². The number of nitrogens with two attached hydrogens (primary N) is 1. The van der Waals surface area contributed by atoms with E-state index in [1.54, 1.807) is 7.05 Å². The number of hydrogen-bond acceptors (Lipinski definition) is 3. The number of likely N-dealkylation sites (tertiary alicyclic amines) is 1. The largest absolute Gasteiger partial charge is 0.368 e. The fourth-order valence-electron chi connectivity index (χ4n) is 2.58. The molecule has 0 aromatic heterocycles. The number of nitrogens with one attached hydrogen (secondary N) is 1. The number of amides is 1. The maximum absolute atomic E-state index is 11.4. The lowest BCUT2D eigenvalue weighted by Crippen LogP contribution is -2.51. The Bertz CT molecular complexity index is 282. The van der Waals surface area contributed by atoms with Gasteiger partial charge in [0.1, 0.15) is 0 Å². The van der Waals surface area contributed by atoms with Crippen molar-refractivity contribution in [3.8, 4) is 0 Å². The molecular formula is C14H29N3O. The summed E-state index contributed by atoms with van der Waals surface area (Å²) in [6, 6.07) is 0. The van der Waals surface area contributed by atoms with Crippen LogP contribution in [0.15, 0.2) is 0 Å². The molecule has 3 atom stereocenters. The van der Waals surface area contributed by atoms with E-state index in [2.05, 4.69) is 24.1 Å². The zero-order valence-corrected chi connectivity index (χ0v) is 12.3. The molecule has 3 N–H and O–H groups in total. The summed E-state index contributed by atoms with van der Waals surface area (Å²) in [5, 5.41) is 3.04. The van der Waals surface area contributed by atoms with E-state index in [1.807, 2.05) is 6.92 Å². The first-order valence-electron chi connectivity index (χ1n) is 7.10. The minimum Gasteiger partial charge on any atom is -0.368 e. The van der Waals surface area contributed by atoms with Crippen LogP contribution in [0.2, 0.25) is 0 Å². The molecule has 18 heavy (non-hydrogen) atoms.